The summed E-state index contributed by atoms with van der Waals surface area (Å²) in [4.78, 5) is 18.1. The average molecular weight is 425 g/mol. The molecule has 0 aliphatic heterocycles. The number of rotatable bonds is 4. The summed E-state index contributed by atoms with van der Waals surface area (Å²) in [6, 6.07) is 29.5. The Morgan fingerprint density at radius 1 is 0.774 bits per heavy atom. The summed E-state index contributed by atoms with van der Waals surface area (Å²) in [7, 11) is 0. The van der Waals surface area contributed by atoms with E-state index in [2.05, 4.69) is 5.32 Å². The Hall–Kier alpha value is -3.83. The quantitative estimate of drug-likeness (QED) is 0.337. The van der Waals surface area contributed by atoms with Crippen molar-refractivity contribution in [1.82, 2.24) is 4.98 Å². The molecule has 3 nitrogen and oxygen atoms in total. The fraction of sp³-hybridized carbons (Fsp3) is 0. The van der Waals surface area contributed by atoms with Crippen molar-refractivity contribution in [2.24, 2.45) is 0 Å². The maximum Gasteiger partial charge on any atom is 0.265 e. The molecule has 150 valence electrons. The molecule has 0 bridgehead atoms. The molecule has 0 aliphatic carbocycles. The fourth-order valence-electron chi connectivity index (χ4n) is 3.42. The SMILES string of the molecule is O=C(Nc1cccc(-c2cccc(-c3ccc(F)cc3)n2)c1)c1cc2ccccc2s1. The van der Waals surface area contributed by atoms with Crippen molar-refractivity contribution in [3.8, 4) is 22.5 Å². The first kappa shape index (κ1) is 19.2. The van der Waals surface area contributed by atoms with Crippen molar-refractivity contribution >= 4 is 33.0 Å². The fourth-order valence-corrected chi connectivity index (χ4v) is 4.38. The third-order valence-electron chi connectivity index (χ3n) is 4.95. The van der Waals surface area contributed by atoms with Gasteiger partial charge in [-0.2, -0.15) is 0 Å². The van der Waals surface area contributed by atoms with E-state index in [1.165, 1.54) is 23.5 Å². The smallest absolute Gasteiger partial charge is 0.265 e. The van der Waals surface area contributed by atoms with Gasteiger partial charge in [0.15, 0.2) is 0 Å². The molecule has 3 aromatic carbocycles. The van der Waals surface area contributed by atoms with Crippen LogP contribution in [0.5, 0.6) is 0 Å². The summed E-state index contributed by atoms with van der Waals surface area (Å²) in [6.45, 7) is 0. The highest BCUT2D eigenvalue weighted by atomic mass is 32.1. The molecule has 1 amide bonds. The number of amides is 1. The third-order valence-corrected chi connectivity index (χ3v) is 6.07. The van der Waals surface area contributed by atoms with Gasteiger partial charge in [-0.1, -0.05) is 36.4 Å². The van der Waals surface area contributed by atoms with Crippen LogP contribution in [0.4, 0.5) is 10.1 Å². The number of pyridine rings is 1. The number of nitrogens with zero attached hydrogens (tertiary/aromatic N) is 1. The number of fused-ring (bicyclic) bond motifs is 1. The third kappa shape index (κ3) is 4.09. The molecule has 0 radical (unpaired) electrons. The summed E-state index contributed by atoms with van der Waals surface area (Å²) in [5.41, 5.74) is 3.97. The molecule has 5 aromatic rings. The lowest BCUT2D eigenvalue weighted by molar-refractivity contribution is 0.103. The molecule has 5 rings (SSSR count). The lowest BCUT2D eigenvalue weighted by Gasteiger charge is -2.08. The largest absolute Gasteiger partial charge is 0.321 e. The minimum atomic E-state index is -0.276. The lowest BCUT2D eigenvalue weighted by Crippen LogP contribution is -2.10. The molecule has 1 N–H and O–H groups in total. The minimum Gasteiger partial charge on any atom is -0.321 e. The number of carbonyl (C=O) groups is 1. The topological polar surface area (TPSA) is 42.0 Å². The van der Waals surface area contributed by atoms with E-state index in [0.29, 0.717) is 10.6 Å². The van der Waals surface area contributed by atoms with Crippen molar-refractivity contribution in [1.29, 1.82) is 0 Å². The van der Waals surface area contributed by atoms with Crippen LogP contribution in [0.25, 0.3) is 32.6 Å². The number of hydrogen-bond donors (Lipinski definition) is 1. The van der Waals surface area contributed by atoms with Crippen LogP contribution in [0.3, 0.4) is 0 Å². The zero-order chi connectivity index (χ0) is 21.2. The van der Waals surface area contributed by atoms with E-state index in [1.54, 1.807) is 12.1 Å². The summed E-state index contributed by atoms with van der Waals surface area (Å²) in [5.74, 6) is -0.409. The zero-order valence-electron chi connectivity index (χ0n) is 16.4. The number of hydrogen-bond acceptors (Lipinski definition) is 3. The van der Waals surface area contributed by atoms with Crippen LogP contribution in [0.1, 0.15) is 9.67 Å². The van der Waals surface area contributed by atoms with Crippen LogP contribution in [0.15, 0.2) is 97.1 Å². The Kier molecular flexibility index (Phi) is 5.02. The van der Waals surface area contributed by atoms with Gasteiger partial charge in [0.1, 0.15) is 5.82 Å². The maximum absolute atomic E-state index is 13.2. The highest BCUT2D eigenvalue weighted by Crippen LogP contribution is 2.28. The second kappa shape index (κ2) is 8.13. The average Bonchev–Trinajstić information content (AvgIpc) is 3.25. The van der Waals surface area contributed by atoms with Crippen LogP contribution in [-0.4, -0.2) is 10.9 Å². The molecule has 0 aliphatic rings. The number of nitrogens with one attached hydrogen (secondary N) is 1. The Labute approximate surface area is 182 Å². The van der Waals surface area contributed by atoms with Crippen LogP contribution in [0, 0.1) is 5.82 Å². The molecule has 0 spiro atoms. The summed E-state index contributed by atoms with van der Waals surface area (Å²) in [5, 5.41) is 4.05. The Morgan fingerprint density at radius 3 is 2.32 bits per heavy atom. The molecule has 2 heterocycles. The first-order valence-corrected chi connectivity index (χ1v) is 10.6. The predicted octanol–water partition coefficient (Wildman–Crippen LogP) is 7.02. The number of thiophene rings is 1. The number of halogens is 1. The lowest BCUT2D eigenvalue weighted by atomic mass is 10.1. The van der Waals surface area contributed by atoms with Gasteiger partial charge in [0, 0.05) is 21.5 Å². The summed E-state index contributed by atoms with van der Waals surface area (Å²) < 4.78 is 14.3. The van der Waals surface area contributed by atoms with Gasteiger partial charge >= 0.3 is 0 Å². The van der Waals surface area contributed by atoms with Crippen LogP contribution in [0.2, 0.25) is 0 Å². The molecule has 0 unspecified atom stereocenters. The van der Waals surface area contributed by atoms with Gasteiger partial charge < -0.3 is 5.32 Å². The number of anilines is 1. The van der Waals surface area contributed by atoms with Crippen molar-refractivity contribution in [3.05, 3.63) is 108 Å². The normalized spacial score (nSPS) is 10.9. The van der Waals surface area contributed by atoms with E-state index >= 15 is 0 Å². The van der Waals surface area contributed by atoms with Crippen molar-refractivity contribution in [2.75, 3.05) is 5.32 Å². The molecule has 0 fully saturated rings. The predicted molar refractivity (Wildman–Crippen MR) is 125 cm³/mol. The van der Waals surface area contributed by atoms with E-state index < -0.39 is 0 Å². The molecule has 0 saturated carbocycles. The van der Waals surface area contributed by atoms with Crippen molar-refractivity contribution in [3.63, 3.8) is 0 Å². The van der Waals surface area contributed by atoms with Gasteiger partial charge in [-0.3, -0.25) is 4.79 Å². The van der Waals surface area contributed by atoms with E-state index in [1.807, 2.05) is 72.8 Å². The highest BCUT2D eigenvalue weighted by Gasteiger charge is 2.11. The summed E-state index contributed by atoms with van der Waals surface area (Å²) in [6.07, 6.45) is 0. The Morgan fingerprint density at radius 2 is 1.52 bits per heavy atom. The molecule has 5 heteroatoms. The van der Waals surface area contributed by atoms with Crippen LogP contribution in [-0.2, 0) is 0 Å². The second-order valence-corrected chi connectivity index (χ2v) is 8.18. The van der Waals surface area contributed by atoms with E-state index in [9.17, 15) is 9.18 Å². The summed E-state index contributed by atoms with van der Waals surface area (Å²) >= 11 is 1.47. The Balaban J connectivity index is 1.40. The van der Waals surface area contributed by atoms with Crippen LogP contribution >= 0.6 is 11.3 Å². The first-order chi connectivity index (χ1) is 15.2. The van der Waals surface area contributed by atoms with Gasteiger partial charge in [-0.25, -0.2) is 9.37 Å². The first-order valence-electron chi connectivity index (χ1n) is 9.79. The standard InChI is InChI=1S/C26H17FN2OS/c27-20-13-11-17(12-14-20)22-8-4-9-23(29-22)18-6-3-7-21(15-18)28-26(30)25-16-19-5-1-2-10-24(19)31-25/h1-16H,(H,28,30). The maximum atomic E-state index is 13.2. The van der Waals surface area contributed by atoms with Gasteiger partial charge in [-0.15, -0.1) is 11.3 Å². The van der Waals surface area contributed by atoms with E-state index in [-0.39, 0.29) is 11.7 Å². The molecular formula is C26H17FN2OS. The monoisotopic (exact) mass is 424 g/mol. The highest BCUT2D eigenvalue weighted by molar-refractivity contribution is 7.20. The molecular weight excluding hydrogens is 407 g/mol. The minimum absolute atomic E-state index is 0.133. The van der Waals surface area contributed by atoms with Gasteiger partial charge in [0.2, 0.25) is 0 Å². The Bertz CT molecular complexity index is 1360. The molecule has 31 heavy (non-hydrogen) atoms. The number of benzene rings is 3. The van der Waals surface area contributed by atoms with Gasteiger partial charge in [-0.05, 0) is 66.0 Å². The van der Waals surface area contributed by atoms with Crippen LogP contribution < -0.4 is 5.32 Å². The molecule has 0 saturated heterocycles. The second-order valence-electron chi connectivity index (χ2n) is 7.10. The van der Waals surface area contributed by atoms with E-state index in [4.69, 9.17) is 4.98 Å². The number of carbonyl (C=O) groups excluding carboxylic acids is 1. The zero-order valence-corrected chi connectivity index (χ0v) is 17.2. The van der Waals surface area contributed by atoms with Crippen molar-refractivity contribution < 1.29 is 9.18 Å². The molecule has 0 atom stereocenters. The number of aromatic nitrogens is 1. The van der Waals surface area contributed by atoms with Gasteiger partial charge in [0.05, 0.1) is 16.3 Å². The van der Waals surface area contributed by atoms with Gasteiger partial charge in [0.25, 0.3) is 5.91 Å². The van der Waals surface area contributed by atoms with E-state index in [0.717, 1.165) is 32.6 Å². The molecule has 2 aromatic heterocycles. The van der Waals surface area contributed by atoms with Crippen molar-refractivity contribution in [2.45, 2.75) is 0 Å².